The Morgan fingerprint density at radius 1 is 1.45 bits per heavy atom. The summed E-state index contributed by atoms with van der Waals surface area (Å²) < 4.78 is 32.0. The molecule has 7 heteroatoms. The third kappa shape index (κ3) is 4.36. The van der Waals surface area contributed by atoms with E-state index in [1.54, 1.807) is 19.9 Å². The number of rotatable bonds is 7. The monoisotopic (exact) mass is 302 g/mol. The first-order chi connectivity index (χ1) is 9.27. The molecule has 0 spiro atoms. The predicted molar refractivity (Wildman–Crippen MR) is 78.2 cm³/mol. The second-order valence-corrected chi connectivity index (χ2v) is 6.48. The van der Waals surface area contributed by atoms with Crippen LogP contribution in [0.2, 0.25) is 0 Å². The topological polar surface area (TPSA) is 102 Å². The second kappa shape index (κ2) is 6.92. The third-order valence-electron chi connectivity index (χ3n) is 2.93. The zero-order valence-electron chi connectivity index (χ0n) is 12.0. The van der Waals surface area contributed by atoms with Crippen LogP contribution >= 0.6 is 0 Å². The van der Waals surface area contributed by atoms with Crippen molar-refractivity contribution in [3.8, 4) is 5.75 Å². The van der Waals surface area contributed by atoms with E-state index in [0.717, 1.165) is 5.56 Å². The van der Waals surface area contributed by atoms with Crippen molar-refractivity contribution >= 4 is 15.7 Å². The number of hydrogen-bond acceptors (Lipinski definition) is 5. The molecule has 0 fully saturated rings. The number of aryl methyl sites for hydroxylation is 1. The lowest BCUT2D eigenvalue weighted by molar-refractivity contribution is 0.182. The summed E-state index contributed by atoms with van der Waals surface area (Å²) in [5.41, 5.74) is 6.91. The minimum absolute atomic E-state index is 0.0279. The van der Waals surface area contributed by atoms with Crippen LogP contribution in [0.4, 0.5) is 5.69 Å². The molecule has 114 valence electrons. The highest BCUT2D eigenvalue weighted by Gasteiger charge is 2.20. The molecule has 1 unspecified atom stereocenters. The van der Waals surface area contributed by atoms with Crippen molar-refractivity contribution in [2.45, 2.75) is 37.7 Å². The lowest BCUT2D eigenvalue weighted by Gasteiger charge is -2.13. The van der Waals surface area contributed by atoms with E-state index in [1.165, 1.54) is 13.2 Å². The quantitative estimate of drug-likeness (QED) is 0.516. The Hall–Kier alpha value is -1.31. The Balaban J connectivity index is 2.89. The molecule has 0 saturated carbocycles. The van der Waals surface area contributed by atoms with Gasteiger partial charge in [0.05, 0.1) is 13.2 Å². The van der Waals surface area contributed by atoms with E-state index >= 15 is 0 Å². The first-order valence-corrected chi connectivity index (χ1v) is 7.88. The summed E-state index contributed by atoms with van der Waals surface area (Å²) in [7, 11) is -2.26. The maximum absolute atomic E-state index is 12.2. The van der Waals surface area contributed by atoms with Crippen LogP contribution in [-0.4, -0.2) is 33.3 Å². The highest BCUT2D eigenvalue weighted by molar-refractivity contribution is 7.89. The lowest BCUT2D eigenvalue weighted by atomic mass is 10.2. The predicted octanol–water partition coefficient (Wildman–Crippen LogP) is 1.03. The first kappa shape index (κ1) is 16.7. The number of nitrogens with one attached hydrogen (secondary N) is 1. The summed E-state index contributed by atoms with van der Waals surface area (Å²) >= 11 is 0. The van der Waals surface area contributed by atoms with Crippen molar-refractivity contribution in [2.24, 2.45) is 0 Å². The number of anilines is 1. The highest BCUT2D eigenvalue weighted by Crippen LogP contribution is 2.28. The largest absolute Gasteiger partial charge is 0.495 e. The van der Waals surface area contributed by atoms with Crippen molar-refractivity contribution in [3.05, 3.63) is 17.7 Å². The number of nitrogens with two attached hydrogens (primary N) is 1. The second-order valence-electron chi connectivity index (χ2n) is 4.75. The molecule has 0 saturated heterocycles. The molecule has 4 N–H and O–H groups in total. The number of sulfonamides is 1. The summed E-state index contributed by atoms with van der Waals surface area (Å²) in [6, 6.07) is 2.99. The zero-order chi connectivity index (χ0) is 15.3. The molecule has 0 aliphatic heterocycles. The van der Waals surface area contributed by atoms with Gasteiger partial charge in [0.25, 0.3) is 0 Å². The first-order valence-electron chi connectivity index (χ1n) is 6.39. The van der Waals surface area contributed by atoms with Crippen LogP contribution in [0.1, 0.15) is 25.3 Å². The van der Waals surface area contributed by atoms with E-state index in [2.05, 4.69) is 4.72 Å². The summed E-state index contributed by atoms with van der Waals surface area (Å²) in [5.74, 6) is 0.264. The van der Waals surface area contributed by atoms with Crippen molar-refractivity contribution in [3.63, 3.8) is 0 Å². The standard InChI is InChI=1S/C13H22N2O4S/c1-9-7-12(19-3)13(8-11(9)14)20(17,18)15-6-4-5-10(2)16/h7-8,10,15-16H,4-6,14H2,1-3H3. The highest BCUT2D eigenvalue weighted by atomic mass is 32.2. The Kier molecular flexibility index (Phi) is 5.79. The van der Waals surface area contributed by atoms with Crippen LogP contribution in [0.25, 0.3) is 0 Å². The van der Waals surface area contributed by atoms with Gasteiger partial charge in [0, 0.05) is 12.2 Å². The van der Waals surface area contributed by atoms with Crippen molar-refractivity contribution in [1.29, 1.82) is 0 Å². The fourth-order valence-corrected chi connectivity index (χ4v) is 2.99. The average molecular weight is 302 g/mol. The van der Waals surface area contributed by atoms with Crippen LogP contribution < -0.4 is 15.2 Å². The summed E-state index contributed by atoms with van der Waals surface area (Å²) in [4.78, 5) is 0.0279. The Morgan fingerprint density at radius 3 is 2.65 bits per heavy atom. The molecular weight excluding hydrogens is 280 g/mol. The van der Waals surface area contributed by atoms with Gasteiger partial charge in [-0.2, -0.15) is 0 Å². The number of ether oxygens (including phenoxy) is 1. The number of aliphatic hydroxyl groups is 1. The van der Waals surface area contributed by atoms with E-state index in [1.807, 2.05) is 0 Å². The lowest BCUT2D eigenvalue weighted by Crippen LogP contribution is -2.26. The molecule has 0 amide bonds. The molecule has 0 aliphatic rings. The Labute approximate surface area is 120 Å². The van der Waals surface area contributed by atoms with Gasteiger partial charge >= 0.3 is 0 Å². The zero-order valence-corrected chi connectivity index (χ0v) is 12.8. The minimum Gasteiger partial charge on any atom is -0.495 e. The maximum Gasteiger partial charge on any atom is 0.244 e. The molecule has 1 atom stereocenters. The van der Waals surface area contributed by atoms with Gasteiger partial charge in [-0.1, -0.05) is 0 Å². The van der Waals surface area contributed by atoms with Crippen molar-refractivity contribution < 1.29 is 18.3 Å². The summed E-state index contributed by atoms with van der Waals surface area (Å²) in [6.07, 6.45) is 0.653. The average Bonchev–Trinajstić information content (AvgIpc) is 2.37. The van der Waals surface area contributed by atoms with Crippen LogP contribution in [0.3, 0.4) is 0 Å². The molecule has 0 aliphatic carbocycles. The minimum atomic E-state index is -3.68. The number of benzene rings is 1. The van der Waals surface area contributed by atoms with Crippen LogP contribution in [0.5, 0.6) is 5.75 Å². The molecule has 1 aromatic rings. The van der Waals surface area contributed by atoms with Crippen molar-refractivity contribution in [1.82, 2.24) is 4.72 Å². The Morgan fingerprint density at radius 2 is 2.10 bits per heavy atom. The number of hydrogen-bond donors (Lipinski definition) is 3. The van der Waals surface area contributed by atoms with E-state index in [9.17, 15) is 8.42 Å². The molecule has 20 heavy (non-hydrogen) atoms. The molecule has 0 radical (unpaired) electrons. The van der Waals surface area contributed by atoms with Crippen molar-refractivity contribution in [2.75, 3.05) is 19.4 Å². The normalized spacial score (nSPS) is 13.2. The van der Waals surface area contributed by atoms with Gasteiger partial charge in [0.15, 0.2) is 0 Å². The van der Waals surface area contributed by atoms with E-state index in [-0.39, 0.29) is 17.2 Å². The summed E-state index contributed by atoms with van der Waals surface area (Å²) in [5, 5.41) is 9.13. The van der Waals surface area contributed by atoms with Crippen LogP contribution in [0, 0.1) is 6.92 Å². The van der Waals surface area contributed by atoms with Crippen LogP contribution in [0.15, 0.2) is 17.0 Å². The van der Waals surface area contributed by atoms with Crippen LogP contribution in [-0.2, 0) is 10.0 Å². The number of aliphatic hydroxyl groups excluding tert-OH is 1. The molecule has 1 aromatic carbocycles. The SMILES string of the molecule is COc1cc(C)c(N)cc1S(=O)(=O)NCCCC(C)O. The smallest absolute Gasteiger partial charge is 0.244 e. The molecule has 6 nitrogen and oxygen atoms in total. The van der Waals surface area contributed by atoms with Gasteiger partial charge in [0.2, 0.25) is 10.0 Å². The Bertz CT molecular complexity index is 556. The fraction of sp³-hybridized carbons (Fsp3) is 0.538. The maximum atomic E-state index is 12.2. The third-order valence-corrected chi connectivity index (χ3v) is 4.41. The van der Waals surface area contributed by atoms with Gasteiger partial charge in [-0.15, -0.1) is 0 Å². The number of nitrogen functional groups attached to an aromatic ring is 1. The van der Waals surface area contributed by atoms with Gasteiger partial charge in [-0.3, -0.25) is 0 Å². The fourth-order valence-electron chi connectivity index (χ4n) is 1.73. The van der Waals surface area contributed by atoms with Gasteiger partial charge < -0.3 is 15.6 Å². The van der Waals surface area contributed by atoms with Gasteiger partial charge in [-0.05, 0) is 44.4 Å². The molecule has 0 aromatic heterocycles. The summed E-state index contributed by atoms with van der Waals surface area (Å²) in [6.45, 7) is 3.70. The van der Waals surface area contributed by atoms with E-state index in [4.69, 9.17) is 15.6 Å². The van der Waals surface area contributed by atoms with E-state index < -0.39 is 16.1 Å². The molecular formula is C13H22N2O4S. The molecule has 0 heterocycles. The van der Waals surface area contributed by atoms with Gasteiger partial charge in [0.1, 0.15) is 10.6 Å². The molecule has 1 rings (SSSR count). The molecule has 0 bridgehead atoms. The van der Waals surface area contributed by atoms with E-state index in [0.29, 0.717) is 18.5 Å². The number of methoxy groups -OCH3 is 1. The van der Waals surface area contributed by atoms with Gasteiger partial charge in [-0.25, -0.2) is 13.1 Å².